The molecule has 2 atom stereocenters. The van der Waals surface area contributed by atoms with Crippen LogP contribution in [0.2, 0.25) is 0 Å². The number of carbonyl (C=O) groups excluding carboxylic acids is 1. The Morgan fingerprint density at radius 3 is 2.50 bits per heavy atom. The first kappa shape index (κ1) is 13.2. The summed E-state index contributed by atoms with van der Waals surface area (Å²) >= 11 is 5.73. The highest BCUT2D eigenvalue weighted by Gasteiger charge is 2.19. The summed E-state index contributed by atoms with van der Waals surface area (Å²) in [5, 5.41) is 11.4. The smallest absolute Gasteiger partial charge is 0.320 e. The molecule has 0 saturated carbocycles. The van der Waals surface area contributed by atoms with Gasteiger partial charge in [0, 0.05) is 6.42 Å². The van der Waals surface area contributed by atoms with Crippen molar-refractivity contribution in [2.75, 3.05) is 0 Å². The highest BCUT2D eigenvalue weighted by molar-refractivity contribution is 6.20. The Morgan fingerprint density at radius 1 is 1.57 bits per heavy atom. The number of hydrogen-bond acceptors (Lipinski definition) is 3. The number of halogens is 1. The van der Waals surface area contributed by atoms with E-state index in [9.17, 15) is 9.59 Å². The van der Waals surface area contributed by atoms with Gasteiger partial charge in [-0.3, -0.25) is 14.9 Å². The lowest BCUT2D eigenvalue weighted by Crippen LogP contribution is -2.41. The molecule has 1 amide bonds. The number of nitrogens with one attached hydrogen (secondary N) is 1. The van der Waals surface area contributed by atoms with E-state index in [1.54, 1.807) is 0 Å². The zero-order valence-electron chi connectivity index (χ0n) is 8.00. The molecule has 0 fully saturated rings. The molecule has 4 N–H and O–H groups in total. The van der Waals surface area contributed by atoms with Crippen molar-refractivity contribution in [3.8, 4) is 0 Å². The molecule has 0 bridgehead atoms. The molecular formula is C8H15ClN2O3. The van der Waals surface area contributed by atoms with E-state index in [1.807, 2.05) is 6.92 Å². The van der Waals surface area contributed by atoms with Crippen LogP contribution >= 0.6 is 11.6 Å². The third-order valence-corrected chi connectivity index (χ3v) is 2.15. The molecule has 14 heavy (non-hydrogen) atoms. The van der Waals surface area contributed by atoms with Crippen molar-refractivity contribution in [2.24, 2.45) is 5.73 Å². The largest absolute Gasteiger partial charge is 0.480 e. The van der Waals surface area contributed by atoms with Crippen molar-refractivity contribution < 1.29 is 14.7 Å². The van der Waals surface area contributed by atoms with Gasteiger partial charge in [0.2, 0.25) is 5.91 Å². The van der Waals surface area contributed by atoms with Crippen LogP contribution in [0.3, 0.4) is 0 Å². The molecule has 0 saturated heterocycles. The van der Waals surface area contributed by atoms with Crippen LogP contribution in [-0.4, -0.2) is 28.5 Å². The maximum Gasteiger partial charge on any atom is 0.320 e. The van der Waals surface area contributed by atoms with Gasteiger partial charge in [-0.2, -0.15) is 0 Å². The van der Waals surface area contributed by atoms with E-state index in [0.29, 0.717) is 6.42 Å². The van der Waals surface area contributed by atoms with Gasteiger partial charge in [-0.25, -0.2) is 0 Å². The molecule has 0 radical (unpaired) electrons. The highest BCUT2D eigenvalue weighted by atomic mass is 35.5. The second-order valence-electron chi connectivity index (χ2n) is 2.94. The Labute approximate surface area is 87.6 Å². The molecular weight excluding hydrogens is 208 g/mol. The molecule has 5 nitrogen and oxygen atoms in total. The summed E-state index contributed by atoms with van der Waals surface area (Å²) in [5.41, 5.74) is 4.51. The Bertz CT molecular complexity index is 211. The van der Waals surface area contributed by atoms with Gasteiger partial charge >= 0.3 is 5.97 Å². The molecule has 0 aromatic rings. The summed E-state index contributed by atoms with van der Waals surface area (Å²) in [6, 6.07) is -0.815. The second-order valence-corrected chi connectivity index (χ2v) is 3.47. The van der Waals surface area contributed by atoms with E-state index in [-0.39, 0.29) is 12.8 Å². The van der Waals surface area contributed by atoms with Crippen LogP contribution in [0, 0.1) is 0 Å². The maximum atomic E-state index is 10.7. The van der Waals surface area contributed by atoms with E-state index in [1.165, 1.54) is 0 Å². The van der Waals surface area contributed by atoms with Crippen LogP contribution in [0.5, 0.6) is 0 Å². The third kappa shape index (κ3) is 5.77. The number of hydrogen-bond donors (Lipinski definition) is 3. The van der Waals surface area contributed by atoms with E-state index in [4.69, 9.17) is 22.4 Å². The predicted octanol–water partition coefficient (Wildman–Crippen LogP) is 0.270. The van der Waals surface area contributed by atoms with E-state index in [0.717, 1.165) is 0 Å². The van der Waals surface area contributed by atoms with Crippen LogP contribution in [0.4, 0.5) is 0 Å². The van der Waals surface area contributed by atoms with Gasteiger partial charge in [-0.1, -0.05) is 6.92 Å². The molecule has 6 heteroatoms. The summed E-state index contributed by atoms with van der Waals surface area (Å²) in [6.07, 6.45) is 0.813. The zero-order valence-corrected chi connectivity index (χ0v) is 8.75. The van der Waals surface area contributed by atoms with Crippen molar-refractivity contribution in [3.05, 3.63) is 0 Å². The first-order valence-electron chi connectivity index (χ1n) is 4.38. The first-order chi connectivity index (χ1) is 6.47. The topological polar surface area (TPSA) is 92.4 Å². The van der Waals surface area contributed by atoms with Gasteiger partial charge in [0.25, 0.3) is 0 Å². The van der Waals surface area contributed by atoms with Gasteiger partial charge in [0.1, 0.15) is 6.04 Å². The van der Waals surface area contributed by atoms with Crippen LogP contribution in [0.25, 0.3) is 0 Å². The molecule has 82 valence electrons. The fraction of sp³-hybridized carbons (Fsp3) is 0.750. The average Bonchev–Trinajstić information content (AvgIpc) is 2.10. The number of nitrogens with two attached hydrogens (primary N) is 1. The summed E-state index contributed by atoms with van der Waals surface area (Å²) < 4.78 is 0. The molecule has 0 aliphatic rings. The Morgan fingerprint density at radius 2 is 2.14 bits per heavy atom. The van der Waals surface area contributed by atoms with Gasteiger partial charge in [0.15, 0.2) is 0 Å². The van der Waals surface area contributed by atoms with Crippen LogP contribution in [0.1, 0.15) is 26.2 Å². The van der Waals surface area contributed by atoms with Crippen molar-refractivity contribution in [3.63, 3.8) is 0 Å². The number of rotatable bonds is 7. The van der Waals surface area contributed by atoms with Gasteiger partial charge in [-0.05, 0) is 12.8 Å². The molecule has 0 aliphatic heterocycles. The second kappa shape index (κ2) is 6.62. The lowest BCUT2D eigenvalue weighted by atomic mass is 10.1. The lowest BCUT2D eigenvalue weighted by Gasteiger charge is -2.16. The number of aliphatic carboxylic acids is 1. The first-order valence-corrected chi connectivity index (χ1v) is 4.82. The SMILES string of the molecule is CCC(Cl)NC(CCC(N)=O)C(=O)O. The molecule has 0 spiro atoms. The fourth-order valence-corrected chi connectivity index (χ4v) is 1.05. The van der Waals surface area contributed by atoms with Crippen molar-refractivity contribution >= 4 is 23.5 Å². The minimum atomic E-state index is -1.02. The summed E-state index contributed by atoms with van der Waals surface area (Å²) in [7, 11) is 0. The minimum Gasteiger partial charge on any atom is -0.480 e. The van der Waals surface area contributed by atoms with Gasteiger partial charge in [-0.15, -0.1) is 11.6 Å². The Hall–Kier alpha value is -0.810. The standard InChI is InChI=1S/C8H15ClN2O3/c1-2-6(9)11-5(8(13)14)3-4-7(10)12/h5-6,11H,2-4H2,1H3,(H2,10,12)(H,13,14). The summed E-state index contributed by atoms with van der Waals surface area (Å²) in [4.78, 5) is 21.1. The van der Waals surface area contributed by atoms with Crippen LogP contribution in [-0.2, 0) is 9.59 Å². The molecule has 0 aromatic heterocycles. The summed E-state index contributed by atoms with van der Waals surface area (Å²) in [5.74, 6) is -1.54. The lowest BCUT2D eigenvalue weighted by molar-refractivity contribution is -0.139. The van der Waals surface area contributed by atoms with E-state index < -0.39 is 23.4 Å². The highest BCUT2D eigenvalue weighted by Crippen LogP contribution is 2.03. The number of carboxylic acid groups (broad SMARTS) is 1. The average molecular weight is 223 g/mol. The van der Waals surface area contributed by atoms with Gasteiger partial charge < -0.3 is 10.8 Å². The van der Waals surface area contributed by atoms with Gasteiger partial charge in [0.05, 0.1) is 5.50 Å². The minimum absolute atomic E-state index is 0.0390. The molecule has 0 rings (SSSR count). The summed E-state index contributed by atoms with van der Waals surface area (Å²) in [6.45, 7) is 1.83. The Balaban J connectivity index is 4.02. The number of carbonyl (C=O) groups is 2. The quantitative estimate of drug-likeness (QED) is 0.426. The number of alkyl halides is 1. The van der Waals surface area contributed by atoms with Crippen LogP contribution in [0.15, 0.2) is 0 Å². The van der Waals surface area contributed by atoms with Crippen LogP contribution < -0.4 is 11.1 Å². The fourth-order valence-electron chi connectivity index (χ4n) is 0.901. The van der Waals surface area contributed by atoms with Crippen molar-refractivity contribution in [1.29, 1.82) is 0 Å². The molecule has 2 unspecified atom stereocenters. The normalized spacial score (nSPS) is 14.7. The van der Waals surface area contributed by atoms with E-state index >= 15 is 0 Å². The maximum absolute atomic E-state index is 10.7. The third-order valence-electron chi connectivity index (χ3n) is 1.72. The number of amides is 1. The number of primary amides is 1. The number of carboxylic acids is 1. The van der Waals surface area contributed by atoms with E-state index in [2.05, 4.69) is 5.32 Å². The zero-order chi connectivity index (χ0) is 11.1. The van der Waals surface area contributed by atoms with Crippen molar-refractivity contribution in [2.45, 2.75) is 37.7 Å². The molecule has 0 aliphatic carbocycles. The van der Waals surface area contributed by atoms with Crippen molar-refractivity contribution in [1.82, 2.24) is 5.32 Å². The predicted molar refractivity (Wildman–Crippen MR) is 52.9 cm³/mol. The molecule has 0 aromatic carbocycles. The molecule has 0 heterocycles. The Kier molecular flexibility index (Phi) is 6.23. The monoisotopic (exact) mass is 222 g/mol.